The Morgan fingerprint density at radius 2 is 1.40 bits per heavy atom. The van der Waals surface area contributed by atoms with Crippen molar-refractivity contribution in [3.05, 3.63) is 80.1 Å². The van der Waals surface area contributed by atoms with Gasteiger partial charge < -0.3 is 23.4 Å². The van der Waals surface area contributed by atoms with Gasteiger partial charge in [-0.2, -0.15) is 0 Å². The minimum Gasteiger partial charge on any atom is -0.463 e. The second-order valence-electron chi connectivity index (χ2n) is 11.9. The fourth-order valence-electron chi connectivity index (χ4n) is 5.09. The zero-order valence-corrected chi connectivity index (χ0v) is 27.6. The van der Waals surface area contributed by atoms with Crippen LogP contribution in [0.2, 0.25) is 19.6 Å². The van der Waals surface area contributed by atoms with Gasteiger partial charge >= 0.3 is 23.6 Å². The van der Waals surface area contributed by atoms with Crippen molar-refractivity contribution >= 4 is 47.9 Å². The summed E-state index contributed by atoms with van der Waals surface area (Å²) in [5.74, 6) is 6.95. The second kappa shape index (κ2) is 13.2. The van der Waals surface area contributed by atoms with E-state index in [0.29, 0.717) is 16.7 Å². The van der Waals surface area contributed by atoms with Gasteiger partial charge in [0, 0.05) is 37.7 Å². The van der Waals surface area contributed by atoms with Gasteiger partial charge in [-0.05, 0) is 12.1 Å². The van der Waals surface area contributed by atoms with Crippen molar-refractivity contribution in [2.75, 3.05) is 6.61 Å². The molecule has 13 heteroatoms. The van der Waals surface area contributed by atoms with Gasteiger partial charge in [0.1, 0.15) is 26.3 Å². The minimum atomic E-state index is -1.65. The predicted molar refractivity (Wildman–Crippen MR) is 173 cm³/mol. The van der Waals surface area contributed by atoms with E-state index in [4.69, 9.17) is 23.4 Å². The summed E-state index contributed by atoms with van der Waals surface area (Å²) >= 11 is 0. The molecular formula is C34H32N2O10Si. The van der Waals surface area contributed by atoms with Crippen LogP contribution in [0, 0.1) is 23.3 Å². The van der Waals surface area contributed by atoms with Crippen molar-refractivity contribution in [1.82, 2.24) is 9.55 Å². The van der Waals surface area contributed by atoms with E-state index in [1.807, 2.05) is 30.3 Å². The van der Waals surface area contributed by atoms with Gasteiger partial charge in [0.15, 0.2) is 29.6 Å². The summed E-state index contributed by atoms with van der Waals surface area (Å²) < 4.78 is 29.0. The van der Waals surface area contributed by atoms with Gasteiger partial charge in [0.05, 0.1) is 11.1 Å². The standard InChI is InChI=1S/C34H32N2O10Si/c1-19(37)42-18-27-30(43-20(2)38)31(44-21(3)39)33(45-27)36-17-24(32(40)35-34(36)41)14-13-22-9-7-11-25-26-12-8-10-23(15-16-47(4,5)6)29(26)46-28(22)25/h7-12,17,27,30-31,33H,18H2,1-6H3,(H,35,40,41)/t27-,30-,31-,33-/m1/s1. The molecule has 1 fully saturated rings. The summed E-state index contributed by atoms with van der Waals surface area (Å²) in [6.45, 7) is 9.57. The average Bonchev–Trinajstić information content (AvgIpc) is 3.52. The molecule has 4 atom stereocenters. The summed E-state index contributed by atoms with van der Waals surface area (Å²) in [5, 5.41) is 1.69. The van der Waals surface area contributed by atoms with Crippen molar-refractivity contribution in [2.24, 2.45) is 0 Å². The van der Waals surface area contributed by atoms with Gasteiger partial charge in [-0.3, -0.25) is 28.7 Å². The van der Waals surface area contributed by atoms with Crippen LogP contribution in [0.4, 0.5) is 0 Å². The zero-order valence-electron chi connectivity index (χ0n) is 26.6. The summed E-state index contributed by atoms with van der Waals surface area (Å²) in [7, 11) is -1.65. The Hall–Kier alpha value is -5.37. The summed E-state index contributed by atoms with van der Waals surface area (Å²) in [4.78, 5) is 63.6. The number of hydrogen-bond acceptors (Lipinski definition) is 10. The summed E-state index contributed by atoms with van der Waals surface area (Å²) in [5.41, 5.74) is 3.98. The summed E-state index contributed by atoms with van der Waals surface area (Å²) in [6, 6.07) is 11.2. The average molecular weight is 657 g/mol. The van der Waals surface area contributed by atoms with E-state index in [1.165, 1.54) is 6.92 Å². The minimum absolute atomic E-state index is 0.114. The Kier molecular flexibility index (Phi) is 9.24. The largest absolute Gasteiger partial charge is 0.463 e. The number of esters is 3. The number of benzene rings is 2. The van der Waals surface area contributed by atoms with Crippen LogP contribution in [0.3, 0.4) is 0 Å². The van der Waals surface area contributed by atoms with Gasteiger partial charge in [0.2, 0.25) is 0 Å². The van der Waals surface area contributed by atoms with Crippen molar-refractivity contribution in [3.8, 4) is 23.3 Å². The Bertz CT molecular complexity index is 2150. The van der Waals surface area contributed by atoms with Gasteiger partial charge in [0.25, 0.3) is 5.56 Å². The number of carbonyl (C=O) groups excluding carboxylic acids is 3. The number of hydrogen-bond donors (Lipinski definition) is 1. The molecule has 1 aliphatic rings. The molecule has 0 aliphatic carbocycles. The van der Waals surface area contributed by atoms with Gasteiger partial charge in [-0.1, -0.05) is 61.7 Å². The number of nitrogens with one attached hydrogen (secondary N) is 1. The Morgan fingerprint density at radius 3 is 1.98 bits per heavy atom. The highest BCUT2D eigenvalue weighted by molar-refractivity contribution is 6.83. The van der Waals surface area contributed by atoms with Crippen LogP contribution in [0.25, 0.3) is 21.9 Å². The molecule has 1 N–H and O–H groups in total. The van der Waals surface area contributed by atoms with E-state index >= 15 is 0 Å². The summed E-state index contributed by atoms with van der Waals surface area (Å²) in [6.07, 6.45) is -3.87. The van der Waals surface area contributed by atoms with Crippen LogP contribution in [-0.4, -0.2) is 60.5 Å². The van der Waals surface area contributed by atoms with E-state index in [0.717, 1.165) is 40.9 Å². The number of aromatic amines is 1. The normalized spacial score (nSPS) is 18.9. The number of furan rings is 1. The molecule has 1 aliphatic heterocycles. The molecule has 0 radical (unpaired) electrons. The number of carbonyl (C=O) groups is 3. The monoisotopic (exact) mass is 656 g/mol. The third-order valence-electron chi connectivity index (χ3n) is 7.01. The molecule has 0 saturated carbocycles. The topological polar surface area (TPSA) is 156 Å². The molecule has 0 amide bonds. The molecule has 3 heterocycles. The fourth-order valence-corrected chi connectivity index (χ4v) is 5.60. The highest BCUT2D eigenvalue weighted by atomic mass is 28.3. The van der Waals surface area contributed by atoms with E-state index in [2.05, 4.69) is 47.9 Å². The predicted octanol–water partition coefficient (Wildman–Crippen LogP) is 3.39. The third-order valence-corrected chi connectivity index (χ3v) is 7.89. The number of ether oxygens (including phenoxy) is 4. The smallest absolute Gasteiger partial charge is 0.330 e. The molecule has 242 valence electrons. The van der Waals surface area contributed by atoms with Crippen molar-refractivity contribution in [2.45, 2.75) is 65.0 Å². The Morgan fingerprint density at radius 1 is 0.830 bits per heavy atom. The molecule has 0 unspecified atom stereocenters. The lowest BCUT2D eigenvalue weighted by molar-refractivity contribution is -0.166. The van der Waals surface area contributed by atoms with Crippen molar-refractivity contribution in [1.29, 1.82) is 0 Å². The Labute approximate surface area is 269 Å². The number of aromatic nitrogens is 2. The van der Waals surface area contributed by atoms with Crippen molar-refractivity contribution in [3.63, 3.8) is 0 Å². The van der Waals surface area contributed by atoms with E-state index in [-0.39, 0.29) is 12.2 Å². The maximum Gasteiger partial charge on any atom is 0.330 e. The number of H-pyrrole nitrogens is 1. The lowest BCUT2D eigenvalue weighted by Crippen LogP contribution is -2.42. The number of rotatable bonds is 5. The fraction of sp³-hybridized carbons (Fsp3) is 0.324. The van der Waals surface area contributed by atoms with Crippen LogP contribution in [0.5, 0.6) is 0 Å². The molecule has 1 saturated heterocycles. The first-order valence-electron chi connectivity index (χ1n) is 14.7. The van der Waals surface area contributed by atoms with E-state index < -0.39 is 61.8 Å². The first-order chi connectivity index (χ1) is 22.2. The highest BCUT2D eigenvalue weighted by Gasteiger charge is 2.51. The van der Waals surface area contributed by atoms with Crippen LogP contribution in [-0.2, 0) is 33.3 Å². The lowest BCUT2D eigenvalue weighted by atomic mass is 10.1. The SMILES string of the molecule is CC(=O)OC[C@H]1O[C@@H](n2cc(C#Cc3cccc4c3oc3c(C#C[Si](C)(C)C)cccc34)c(=O)[nH]c2=O)[C@H](OC(C)=O)[C@@H]1OC(C)=O. The lowest BCUT2D eigenvalue weighted by Gasteiger charge is -2.23. The molecular weight excluding hydrogens is 624 g/mol. The zero-order chi connectivity index (χ0) is 34.0. The van der Waals surface area contributed by atoms with Crippen LogP contribution < -0.4 is 11.2 Å². The first kappa shape index (κ1) is 33.0. The number of nitrogens with zero attached hydrogens (tertiary/aromatic N) is 1. The number of fused-ring (bicyclic) bond motifs is 3. The first-order valence-corrected chi connectivity index (χ1v) is 18.2. The van der Waals surface area contributed by atoms with Crippen LogP contribution >= 0.6 is 0 Å². The molecule has 12 nitrogen and oxygen atoms in total. The molecule has 47 heavy (non-hydrogen) atoms. The number of para-hydroxylation sites is 2. The Balaban J connectivity index is 1.57. The quantitative estimate of drug-likeness (QED) is 0.146. The van der Waals surface area contributed by atoms with E-state index in [9.17, 15) is 24.0 Å². The van der Waals surface area contributed by atoms with Gasteiger partial charge in [-0.15, -0.1) is 5.54 Å². The molecule has 2 aromatic carbocycles. The van der Waals surface area contributed by atoms with Gasteiger partial charge in [-0.25, -0.2) is 4.79 Å². The van der Waals surface area contributed by atoms with Crippen LogP contribution in [0.1, 0.15) is 43.7 Å². The molecule has 0 spiro atoms. The molecule has 0 bridgehead atoms. The van der Waals surface area contributed by atoms with Crippen molar-refractivity contribution < 1.29 is 37.7 Å². The third kappa shape index (κ3) is 7.38. The highest BCUT2D eigenvalue weighted by Crippen LogP contribution is 2.34. The maximum atomic E-state index is 13.0. The van der Waals surface area contributed by atoms with E-state index in [1.54, 1.807) is 6.07 Å². The second-order valence-corrected chi connectivity index (χ2v) is 16.7. The molecule has 2 aromatic heterocycles. The maximum absolute atomic E-state index is 13.0. The van der Waals surface area contributed by atoms with Crippen LogP contribution in [0.15, 0.2) is 56.6 Å². The molecule has 5 rings (SSSR count). The molecule has 4 aromatic rings.